The van der Waals surface area contributed by atoms with E-state index in [9.17, 15) is 0 Å². The fourth-order valence-electron chi connectivity index (χ4n) is 6.65. The Balaban J connectivity index is 0.00000432. The van der Waals surface area contributed by atoms with Crippen molar-refractivity contribution in [1.82, 2.24) is 19.3 Å². The zero-order valence-electron chi connectivity index (χ0n) is 30.3. The van der Waals surface area contributed by atoms with Crippen LogP contribution >= 0.6 is 0 Å². The summed E-state index contributed by atoms with van der Waals surface area (Å²) in [5.74, 6) is 2.46. The van der Waals surface area contributed by atoms with Gasteiger partial charge in [0.25, 0.3) is 0 Å². The molecule has 0 spiro atoms. The molecule has 0 amide bonds. The SMILES string of the molecule is Cc1nn(-c2[c-]c(Oc3[c-]c4c(cc3)c3cc(C(C)C(C)(C)C)ccc3n4-c3cc(C(C)(C)C)ccn3)ccc2)c(C)c1-c1ccccc1.[Pt+2]. The van der Waals surface area contributed by atoms with E-state index in [0.717, 1.165) is 50.4 Å². The molecular weight excluding hydrogens is 796 g/mol. The molecule has 0 radical (unpaired) electrons. The van der Waals surface area contributed by atoms with E-state index in [-0.39, 0.29) is 31.9 Å². The van der Waals surface area contributed by atoms with Gasteiger partial charge in [-0.25, -0.2) is 4.98 Å². The number of rotatable bonds is 6. The van der Waals surface area contributed by atoms with E-state index in [1.165, 1.54) is 16.5 Å². The Morgan fingerprint density at radius 2 is 1.50 bits per heavy atom. The van der Waals surface area contributed by atoms with Crippen molar-refractivity contribution in [1.29, 1.82) is 0 Å². The van der Waals surface area contributed by atoms with E-state index in [0.29, 0.717) is 17.4 Å². The van der Waals surface area contributed by atoms with Crippen LogP contribution in [0.5, 0.6) is 11.5 Å². The molecule has 0 saturated heterocycles. The largest absolute Gasteiger partial charge is 2.00 e. The average Bonchev–Trinajstić information content (AvgIpc) is 3.56. The van der Waals surface area contributed by atoms with E-state index >= 15 is 0 Å². The fourth-order valence-corrected chi connectivity index (χ4v) is 6.65. The van der Waals surface area contributed by atoms with Crippen LogP contribution in [0.15, 0.2) is 97.2 Å². The third-order valence-electron chi connectivity index (χ3n) is 9.87. The number of aromatic nitrogens is 4. The van der Waals surface area contributed by atoms with E-state index in [1.54, 1.807) is 0 Å². The summed E-state index contributed by atoms with van der Waals surface area (Å²) in [6.07, 6.45) is 1.91. The van der Waals surface area contributed by atoms with Gasteiger partial charge in [-0.05, 0) is 76.6 Å². The molecule has 0 bridgehead atoms. The number of benzene rings is 4. The Bertz CT molecular complexity index is 2320. The van der Waals surface area contributed by atoms with Gasteiger partial charge in [-0.15, -0.1) is 35.7 Å². The fraction of sp³-hybridized carbons (Fsp3) is 0.273. The topological polar surface area (TPSA) is 44.9 Å². The van der Waals surface area contributed by atoms with Crippen LogP contribution in [0.3, 0.4) is 0 Å². The second kappa shape index (κ2) is 13.3. The number of ether oxygens (including phenoxy) is 1. The van der Waals surface area contributed by atoms with Crippen LogP contribution in [0.2, 0.25) is 0 Å². The van der Waals surface area contributed by atoms with Gasteiger partial charge < -0.3 is 9.30 Å². The smallest absolute Gasteiger partial charge is 0.509 e. The van der Waals surface area contributed by atoms with Crippen molar-refractivity contribution >= 4 is 21.8 Å². The molecule has 0 fully saturated rings. The molecule has 3 aromatic heterocycles. The number of hydrogen-bond donors (Lipinski definition) is 0. The first-order valence-electron chi connectivity index (χ1n) is 17.1. The molecule has 0 N–H and O–H groups in total. The molecule has 5 nitrogen and oxygen atoms in total. The van der Waals surface area contributed by atoms with Crippen molar-refractivity contribution in [3.8, 4) is 34.1 Å². The van der Waals surface area contributed by atoms with Crippen LogP contribution in [0.25, 0.3) is 44.4 Å². The molecule has 6 heteroatoms. The maximum Gasteiger partial charge on any atom is 2.00 e. The zero-order valence-corrected chi connectivity index (χ0v) is 32.6. The van der Waals surface area contributed by atoms with Crippen molar-refractivity contribution in [2.45, 2.75) is 73.6 Å². The van der Waals surface area contributed by atoms with Gasteiger partial charge in [-0.3, -0.25) is 4.68 Å². The number of aryl methyl sites for hydroxylation is 1. The van der Waals surface area contributed by atoms with Crippen molar-refractivity contribution < 1.29 is 25.8 Å². The van der Waals surface area contributed by atoms with Crippen LogP contribution < -0.4 is 4.74 Å². The van der Waals surface area contributed by atoms with Crippen molar-refractivity contribution in [3.63, 3.8) is 0 Å². The summed E-state index contributed by atoms with van der Waals surface area (Å²) in [5, 5.41) is 7.18. The van der Waals surface area contributed by atoms with Gasteiger partial charge in [0.1, 0.15) is 5.82 Å². The summed E-state index contributed by atoms with van der Waals surface area (Å²) < 4.78 is 10.7. The number of fused-ring (bicyclic) bond motifs is 3. The van der Waals surface area contributed by atoms with Gasteiger partial charge in [-0.2, -0.15) is 17.2 Å². The normalized spacial score (nSPS) is 12.7. The predicted octanol–water partition coefficient (Wildman–Crippen LogP) is 11.5. The van der Waals surface area contributed by atoms with Gasteiger partial charge in [0.05, 0.1) is 5.69 Å². The third-order valence-corrected chi connectivity index (χ3v) is 9.87. The minimum atomic E-state index is -0.0159. The van der Waals surface area contributed by atoms with Crippen molar-refractivity contribution in [3.05, 3.63) is 132 Å². The molecule has 7 aromatic rings. The first-order chi connectivity index (χ1) is 23.3. The Morgan fingerprint density at radius 1 is 0.760 bits per heavy atom. The molecular formula is C44H44N4OPt. The van der Waals surface area contributed by atoms with Crippen LogP contribution in [-0.4, -0.2) is 19.3 Å². The maximum atomic E-state index is 6.50. The monoisotopic (exact) mass is 839 g/mol. The first-order valence-corrected chi connectivity index (χ1v) is 17.1. The summed E-state index contributed by atoms with van der Waals surface area (Å²) in [5.41, 5.74) is 9.83. The van der Waals surface area contributed by atoms with Gasteiger partial charge in [0.2, 0.25) is 0 Å². The molecule has 7 rings (SSSR count). The van der Waals surface area contributed by atoms with Gasteiger partial charge in [0.15, 0.2) is 0 Å². The van der Waals surface area contributed by atoms with E-state index in [4.69, 9.17) is 14.8 Å². The van der Waals surface area contributed by atoms with Crippen molar-refractivity contribution in [2.75, 3.05) is 0 Å². The molecule has 1 unspecified atom stereocenters. The Kier molecular flexibility index (Phi) is 9.43. The molecule has 0 aliphatic heterocycles. The molecule has 256 valence electrons. The van der Waals surface area contributed by atoms with Gasteiger partial charge >= 0.3 is 21.1 Å². The number of pyridine rings is 1. The average molecular weight is 840 g/mol. The second-order valence-electron chi connectivity index (χ2n) is 15.3. The minimum absolute atomic E-state index is 0. The van der Waals surface area contributed by atoms with Crippen LogP contribution in [-0.2, 0) is 26.5 Å². The standard InChI is InChI=1S/C44H44N4O.Pt/c1-28(43(4,5)6)32-18-21-39-38(24-32)37-20-19-36(27-40(37)47(39)41-25-33(22-23-45-41)44(7,8)9)49-35-17-13-16-34(26-35)48-30(3)42(29(2)46-48)31-14-11-10-12-15-31;/h10-25,28H,1-9H3;/q-2;+2. The van der Waals surface area contributed by atoms with Crippen molar-refractivity contribution in [2.24, 2.45) is 5.41 Å². The van der Waals surface area contributed by atoms with Gasteiger partial charge in [-0.1, -0.05) is 96.4 Å². The molecule has 50 heavy (non-hydrogen) atoms. The maximum absolute atomic E-state index is 6.50. The molecule has 0 saturated carbocycles. The number of hydrogen-bond acceptors (Lipinski definition) is 3. The van der Waals surface area contributed by atoms with Crippen LogP contribution in [0, 0.1) is 31.4 Å². The molecule has 0 aliphatic carbocycles. The van der Waals surface area contributed by atoms with E-state index < -0.39 is 0 Å². The Labute approximate surface area is 310 Å². The second-order valence-corrected chi connectivity index (χ2v) is 15.3. The third kappa shape index (κ3) is 6.56. The van der Waals surface area contributed by atoms with Crippen LogP contribution in [0.1, 0.15) is 76.9 Å². The number of nitrogens with zero attached hydrogens (tertiary/aromatic N) is 4. The first kappa shape index (κ1) is 35.4. The van der Waals surface area contributed by atoms with E-state index in [1.807, 2.05) is 48.1 Å². The molecule has 4 aromatic carbocycles. The van der Waals surface area contributed by atoms with E-state index in [2.05, 4.69) is 133 Å². The molecule has 0 aliphatic rings. The minimum Gasteiger partial charge on any atom is -0.509 e. The summed E-state index contributed by atoms with van der Waals surface area (Å²) >= 11 is 0. The molecule has 3 heterocycles. The summed E-state index contributed by atoms with van der Waals surface area (Å²) in [6, 6.07) is 38.7. The summed E-state index contributed by atoms with van der Waals surface area (Å²) in [6.45, 7) is 20.1. The summed E-state index contributed by atoms with van der Waals surface area (Å²) in [7, 11) is 0. The van der Waals surface area contributed by atoms with Gasteiger partial charge in [0, 0.05) is 34.5 Å². The van der Waals surface area contributed by atoms with Crippen LogP contribution in [0.4, 0.5) is 0 Å². The summed E-state index contributed by atoms with van der Waals surface area (Å²) in [4.78, 5) is 4.88. The molecule has 1 atom stereocenters. The Hall–Kier alpha value is -4.47. The Morgan fingerprint density at radius 3 is 2.22 bits per heavy atom. The zero-order chi connectivity index (χ0) is 34.7. The predicted molar refractivity (Wildman–Crippen MR) is 201 cm³/mol. The quantitative estimate of drug-likeness (QED) is 0.157.